The van der Waals surface area contributed by atoms with E-state index in [0.29, 0.717) is 0 Å². The first kappa shape index (κ1) is 8.27. The van der Waals surface area contributed by atoms with Gasteiger partial charge < -0.3 is 0 Å². The molecule has 0 atom stereocenters. The normalized spacial score (nSPS) is 9.12. The Morgan fingerprint density at radius 1 is 1.75 bits per heavy atom. The van der Waals surface area contributed by atoms with Crippen molar-refractivity contribution in [1.29, 1.82) is 0 Å². The Kier molecular flexibility index (Phi) is 5.59. The van der Waals surface area contributed by atoms with Crippen LogP contribution in [-0.4, -0.2) is 30.2 Å². The van der Waals surface area contributed by atoms with Crippen molar-refractivity contribution >= 4 is 25.1 Å². The van der Waals surface area contributed by atoms with E-state index in [-0.39, 0.29) is 0 Å². The van der Waals surface area contributed by atoms with E-state index in [4.69, 9.17) is 5.11 Å². The van der Waals surface area contributed by atoms with Crippen LogP contribution in [-0.2, 0) is 0 Å². The van der Waals surface area contributed by atoms with Crippen LogP contribution in [0.4, 0.5) is 4.79 Å². The molecule has 3 heteroatoms. The van der Waals surface area contributed by atoms with Crippen LogP contribution in [0.25, 0.3) is 0 Å². The molecule has 0 aliphatic heterocycles. The van der Waals surface area contributed by atoms with Gasteiger partial charge in [-0.25, -0.2) is 0 Å². The van der Waals surface area contributed by atoms with Crippen molar-refractivity contribution in [3.05, 3.63) is 0 Å². The summed E-state index contributed by atoms with van der Waals surface area (Å²) in [6.07, 6.45) is 2.24. The number of carboxylic acid groups (broad SMARTS) is 1. The molecule has 0 unspecified atom stereocenters. The summed E-state index contributed by atoms with van der Waals surface area (Å²) >= 11 is -0.989. The zero-order valence-electron chi connectivity index (χ0n) is 4.98. The van der Waals surface area contributed by atoms with Crippen molar-refractivity contribution in [3.63, 3.8) is 0 Å². The van der Waals surface area contributed by atoms with Crippen molar-refractivity contribution in [2.24, 2.45) is 0 Å². The number of carbonyl (C=O) groups is 1. The summed E-state index contributed by atoms with van der Waals surface area (Å²) < 4.78 is 0.483. The van der Waals surface area contributed by atoms with Gasteiger partial charge in [0.05, 0.1) is 0 Å². The first-order chi connectivity index (χ1) is 3.77. The third-order valence-corrected chi connectivity index (χ3v) is 3.39. The maximum absolute atomic E-state index is 9.95. The van der Waals surface area contributed by atoms with Crippen LogP contribution in [0.1, 0.15) is 19.8 Å². The van der Waals surface area contributed by atoms with E-state index < -0.39 is 25.1 Å². The predicted molar refractivity (Wildman–Crippen MR) is 33.5 cm³/mol. The zero-order chi connectivity index (χ0) is 6.41. The van der Waals surface area contributed by atoms with Crippen LogP contribution in [0.3, 0.4) is 0 Å². The predicted octanol–water partition coefficient (Wildman–Crippen LogP) is 1.59. The molecule has 2 radical (unpaired) electrons. The van der Waals surface area contributed by atoms with Crippen molar-refractivity contribution in [3.8, 4) is 0 Å². The average molecular weight is 221 g/mol. The molecule has 0 aromatic carbocycles. The van der Waals surface area contributed by atoms with E-state index in [1.54, 1.807) is 0 Å². The maximum atomic E-state index is 9.95. The Labute approximate surface area is 59.5 Å². The van der Waals surface area contributed by atoms with Gasteiger partial charge in [-0.3, -0.25) is 0 Å². The van der Waals surface area contributed by atoms with Crippen LogP contribution >= 0.6 is 0 Å². The second-order valence-electron chi connectivity index (χ2n) is 1.59. The van der Waals surface area contributed by atoms with Gasteiger partial charge in [0.2, 0.25) is 0 Å². The van der Waals surface area contributed by atoms with Gasteiger partial charge in [-0.1, -0.05) is 0 Å². The molecule has 0 bridgehead atoms. The summed E-state index contributed by atoms with van der Waals surface area (Å²) in [6, 6.07) is 0. The third kappa shape index (κ3) is 6.27. The molecule has 0 rings (SSSR count). The minimum absolute atomic E-state index is 0.512. The van der Waals surface area contributed by atoms with E-state index in [9.17, 15) is 4.79 Å². The van der Waals surface area contributed by atoms with E-state index in [1.807, 2.05) is 0 Å². The van der Waals surface area contributed by atoms with E-state index in [1.165, 1.54) is 0 Å². The summed E-state index contributed by atoms with van der Waals surface area (Å²) in [5.41, 5.74) is 0. The molecule has 8 heavy (non-hydrogen) atoms. The van der Waals surface area contributed by atoms with Crippen molar-refractivity contribution in [2.75, 3.05) is 0 Å². The van der Waals surface area contributed by atoms with Gasteiger partial charge in [0.25, 0.3) is 0 Å². The molecule has 1 N–H and O–H groups in total. The molecule has 0 saturated heterocycles. The summed E-state index contributed by atoms with van der Waals surface area (Å²) in [5, 5.41) is 8.22. The van der Waals surface area contributed by atoms with Crippen LogP contribution in [0.15, 0.2) is 0 Å². The number of unbranched alkanes of at least 4 members (excludes halogenated alkanes) is 1. The van der Waals surface area contributed by atoms with Crippen LogP contribution in [0.2, 0.25) is 4.44 Å². The molecular formula is C5H10O2Sn. The first-order valence-electron chi connectivity index (χ1n) is 2.74. The molecule has 46 valence electrons. The first-order valence-corrected chi connectivity index (χ1v) is 6.18. The number of rotatable bonds is 4. The fourth-order valence-corrected chi connectivity index (χ4v) is 2.50. The van der Waals surface area contributed by atoms with E-state index in [0.717, 1.165) is 17.3 Å². The van der Waals surface area contributed by atoms with Gasteiger partial charge in [-0.15, -0.1) is 0 Å². The average Bonchev–Trinajstić information content (AvgIpc) is 1.66. The monoisotopic (exact) mass is 222 g/mol. The molecule has 0 amide bonds. The molecule has 0 fully saturated rings. The topological polar surface area (TPSA) is 37.3 Å². The Bertz CT molecular complexity index is 72.8. The third-order valence-electron chi connectivity index (χ3n) is 0.807. The minimum atomic E-state index is -0.989. The van der Waals surface area contributed by atoms with E-state index in [2.05, 4.69) is 6.92 Å². The molecule has 0 aliphatic carbocycles. The van der Waals surface area contributed by atoms with Gasteiger partial charge >= 0.3 is 59.2 Å². The van der Waals surface area contributed by atoms with E-state index >= 15 is 0 Å². The summed E-state index contributed by atoms with van der Waals surface area (Å²) in [6.45, 7) is 2.08. The Hall–Kier alpha value is 0.269. The molecule has 2 nitrogen and oxygen atoms in total. The van der Waals surface area contributed by atoms with Crippen LogP contribution in [0, 0.1) is 0 Å². The standard InChI is InChI=1S/C4H9.CHO2.Sn/c1-3-4-2;2-1-3;/h1,3-4H2,2H3;(H,2,3);. The zero-order valence-corrected chi connectivity index (χ0v) is 7.83. The van der Waals surface area contributed by atoms with Crippen LogP contribution in [0.5, 0.6) is 0 Å². The summed E-state index contributed by atoms with van der Waals surface area (Å²) in [7, 11) is 0. The van der Waals surface area contributed by atoms with Gasteiger partial charge in [0.15, 0.2) is 0 Å². The Balaban J connectivity index is 2.82. The SMILES string of the molecule is CCC[CH2][Sn][C](=O)O. The van der Waals surface area contributed by atoms with Crippen molar-refractivity contribution in [1.82, 2.24) is 0 Å². The fourth-order valence-electron chi connectivity index (χ4n) is 0.372. The summed E-state index contributed by atoms with van der Waals surface area (Å²) in [4.78, 5) is 9.95. The van der Waals surface area contributed by atoms with Crippen molar-refractivity contribution < 1.29 is 9.90 Å². The molecular weight excluding hydrogens is 211 g/mol. The van der Waals surface area contributed by atoms with Crippen molar-refractivity contribution in [2.45, 2.75) is 24.2 Å². The van der Waals surface area contributed by atoms with Gasteiger partial charge in [-0.2, -0.15) is 0 Å². The summed E-state index contributed by atoms with van der Waals surface area (Å²) in [5.74, 6) is 0. The van der Waals surface area contributed by atoms with Crippen LogP contribution < -0.4 is 0 Å². The molecule has 0 heterocycles. The van der Waals surface area contributed by atoms with Gasteiger partial charge in [-0.05, 0) is 0 Å². The van der Waals surface area contributed by atoms with Gasteiger partial charge in [0.1, 0.15) is 0 Å². The molecule has 0 aliphatic rings. The van der Waals surface area contributed by atoms with Gasteiger partial charge in [0, 0.05) is 0 Å². The molecule has 0 spiro atoms. The molecule has 0 aromatic heterocycles. The Morgan fingerprint density at radius 3 is 2.75 bits per heavy atom. The molecule has 0 aromatic rings. The second kappa shape index (κ2) is 5.41. The number of hydrogen-bond acceptors (Lipinski definition) is 1. The molecule has 0 saturated carbocycles. The Morgan fingerprint density at radius 2 is 2.38 bits per heavy atom. The quantitative estimate of drug-likeness (QED) is 0.577. The number of hydrogen-bond donors (Lipinski definition) is 1. The fraction of sp³-hybridized carbons (Fsp3) is 0.800. The second-order valence-corrected chi connectivity index (χ2v) is 5.24.